The van der Waals surface area contributed by atoms with Gasteiger partial charge in [0.15, 0.2) is 0 Å². The number of thiophene rings is 1. The third-order valence-electron chi connectivity index (χ3n) is 4.90. The highest BCUT2D eigenvalue weighted by Gasteiger charge is 2.25. The van der Waals surface area contributed by atoms with E-state index < -0.39 is 10.0 Å². The van der Waals surface area contributed by atoms with Crippen LogP contribution in [0.3, 0.4) is 0 Å². The predicted octanol–water partition coefficient (Wildman–Crippen LogP) is 5.18. The van der Waals surface area contributed by atoms with E-state index in [0.29, 0.717) is 31.9 Å². The molecule has 30 heavy (non-hydrogen) atoms. The van der Waals surface area contributed by atoms with Gasteiger partial charge in [0.05, 0.1) is 11.4 Å². The van der Waals surface area contributed by atoms with Crippen LogP contribution in [-0.4, -0.2) is 37.3 Å². The Kier molecular flexibility index (Phi) is 5.89. The Morgan fingerprint density at radius 1 is 1.20 bits per heavy atom. The van der Waals surface area contributed by atoms with Crippen LogP contribution in [0.15, 0.2) is 33.9 Å². The number of benzene rings is 1. The molecule has 0 bridgehead atoms. The monoisotopic (exact) mass is 481 g/mol. The Bertz CT molecular complexity index is 1210. The molecule has 3 heterocycles. The van der Waals surface area contributed by atoms with Gasteiger partial charge in [-0.25, -0.2) is 13.4 Å². The fourth-order valence-electron chi connectivity index (χ4n) is 3.21. The number of hydrogen-bond acceptors (Lipinski definition) is 6. The predicted molar refractivity (Wildman–Crippen MR) is 122 cm³/mol. The standard InChI is InChI=1S/C20H20ClN3O3S3/c1-12-5-6-15(10-16(12)21)23-30(26,27)17-9-14(11-28-17)19-22-13(2)18(29-19)20(25)24-7-3-4-8-24/h5-6,9-11,23H,3-4,7-8H2,1-2H3. The summed E-state index contributed by atoms with van der Waals surface area (Å²) in [5, 5.41) is 2.89. The SMILES string of the molecule is Cc1ccc(NS(=O)(=O)c2cc(-c3nc(C)c(C(=O)N4CCCC4)s3)cs2)cc1Cl. The van der Waals surface area contributed by atoms with Crippen LogP contribution in [0.1, 0.15) is 33.8 Å². The summed E-state index contributed by atoms with van der Waals surface area (Å²) in [6.45, 7) is 5.23. The maximum Gasteiger partial charge on any atom is 0.271 e. The maximum atomic E-state index is 12.8. The second-order valence-electron chi connectivity index (χ2n) is 7.16. The maximum absolute atomic E-state index is 12.8. The molecule has 0 unspecified atom stereocenters. The molecule has 0 spiro atoms. The zero-order valence-corrected chi connectivity index (χ0v) is 19.6. The van der Waals surface area contributed by atoms with Crippen LogP contribution in [-0.2, 0) is 10.0 Å². The van der Waals surface area contributed by atoms with E-state index in [2.05, 4.69) is 9.71 Å². The van der Waals surface area contributed by atoms with E-state index in [1.54, 1.807) is 29.6 Å². The number of halogens is 1. The van der Waals surface area contributed by atoms with Crippen LogP contribution in [0.25, 0.3) is 10.6 Å². The molecule has 0 radical (unpaired) electrons. The van der Waals surface area contributed by atoms with Gasteiger partial charge in [-0.15, -0.1) is 22.7 Å². The fourth-order valence-corrected chi connectivity index (χ4v) is 6.70. The number of aryl methyl sites for hydroxylation is 2. The summed E-state index contributed by atoms with van der Waals surface area (Å²) >= 11 is 8.52. The number of amides is 1. The lowest BCUT2D eigenvalue weighted by Gasteiger charge is -2.13. The first kappa shape index (κ1) is 21.3. The number of carbonyl (C=O) groups is 1. The molecule has 1 aliphatic rings. The second kappa shape index (κ2) is 8.30. The summed E-state index contributed by atoms with van der Waals surface area (Å²) in [6, 6.07) is 6.61. The molecule has 2 aromatic heterocycles. The number of likely N-dealkylation sites (tertiary alicyclic amines) is 1. The molecule has 1 N–H and O–H groups in total. The van der Waals surface area contributed by atoms with Crippen molar-refractivity contribution in [2.45, 2.75) is 30.9 Å². The molecule has 4 rings (SSSR count). The van der Waals surface area contributed by atoms with Gasteiger partial charge in [-0.05, 0) is 50.5 Å². The van der Waals surface area contributed by atoms with Crippen molar-refractivity contribution < 1.29 is 13.2 Å². The first-order valence-electron chi connectivity index (χ1n) is 9.39. The van der Waals surface area contributed by atoms with Crippen LogP contribution >= 0.6 is 34.3 Å². The Hall–Kier alpha value is -1.94. The number of anilines is 1. The number of carbonyl (C=O) groups excluding carboxylic acids is 1. The minimum Gasteiger partial charge on any atom is -0.338 e. The van der Waals surface area contributed by atoms with E-state index >= 15 is 0 Å². The van der Waals surface area contributed by atoms with Crippen molar-refractivity contribution in [1.82, 2.24) is 9.88 Å². The van der Waals surface area contributed by atoms with Crippen molar-refractivity contribution in [3.63, 3.8) is 0 Å². The van der Waals surface area contributed by atoms with Crippen molar-refractivity contribution in [2.24, 2.45) is 0 Å². The van der Waals surface area contributed by atoms with E-state index in [1.807, 2.05) is 18.7 Å². The lowest BCUT2D eigenvalue weighted by atomic mass is 10.2. The highest BCUT2D eigenvalue weighted by Crippen LogP contribution is 2.34. The average Bonchev–Trinajstić information content (AvgIpc) is 3.44. The number of rotatable bonds is 5. The molecule has 1 aliphatic heterocycles. The van der Waals surface area contributed by atoms with Crippen molar-refractivity contribution in [2.75, 3.05) is 17.8 Å². The molecule has 6 nitrogen and oxygen atoms in total. The smallest absolute Gasteiger partial charge is 0.271 e. The topological polar surface area (TPSA) is 79.4 Å². The number of nitrogens with zero attached hydrogens (tertiary/aromatic N) is 2. The van der Waals surface area contributed by atoms with Crippen molar-refractivity contribution >= 4 is 55.9 Å². The zero-order chi connectivity index (χ0) is 21.5. The minimum atomic E-state index is -3.75. The molecule has 3 aromatic rings. The van der Waals surface area contributed by atoms with Crippen LogP contribution in [0.5, 0.6) is 0 Å². The number of nitrogens with one attached hydrogen (secondary N) is 1. The molecule has 0 saturated carbocycles. The van der Waals surface area contributed by atoms with Crippen LogP contribution in [0, 0.1) is 13.8 Å². The van der Waals surface area contributed by atoms with Crippen molar-refractivity contribution in [1.29, 1.82) is 0 Å². The van der Waals surface area contributed by atoms with E-state index in [-0.39, 0.29) is 10.1 Å². The van der Waals surface area contributed by atoms with Crippen molar-refractivity contribution in [3.05, 3.63) is 50.8 Å². The number of hydrogen-bond donors (Lipinski definition) is 1. The number of aromatic nitrogens is 1. The molecule has 158 valence electrons. The normalized spacial score (nSPS) is 14.3. The molecule has 1 saturated heterocycles. The fraction of sp³-hybridized carbons (Fsp3) is 0.300. The number of sulfonamides is 1. The molecule has 10 heteroatoms. The molecule has 1 amide bonds. The van der Waals surface area contributed by atoms with Gasteiger partial charge in [-0.3, -0.25) is 9.52 Å². The van der Waals surface area contributed by atoms with Crippen molar-refractivity contribution in [3.8, 4) is 10.6 Å². The quantitative estimate of drug-likeness (QED) is 0.544. The molecular formula is C20H20ClN3O3S3. The first-order valence-corrected chi connectivity index (χ1v) is 12.9. The van der Waals surface area contributed by atoms with E-state index in [9.17, 15) is 13.2 Å². The Labute approximate surface area is 188 Å². The molecular weight excluding hydrogens is 462 g/mol. The van der Waals surface area contributed by atoms with E-state index in [0.717, 1.165) is 42.8 Å². The summed E-state index contributed by atoms with van der Waals surface area (Å²) in [6.07, 6.45) is 2.06. The summed E-state index contributed by atoms with van der Waals surface area (Å²) in [4.78, 5) is 19.7. The summed E-state index contributed by atoms with van der Waals surface area (Å²) in [5.41, 5.74) is 2.64. The van der Waals surface area contributed by atoms with E-state index in [1.165, 1.54) is 11.3 Å². The summed E-state index contributed by atoms with van der Waals surface area (Å²) in [7, 11) is -3.75. The van der Waals surface area contributed by atoms with Crippen LogP contribution in [0.4, 0.5) is 5.69 Å². The lowest BCUT2D eigenvalue weighted by Crippen LogP contribution is -2.27. The third-order valence-corrected chi connectivity index (χ3v) is 9.32. The van der Waals surface area contributed by atoms with E-state index in [4.69, 9.17) is 11.6 Å². The summed E-state index contributed by atoms with van der Waals surface area (Å²) < 4.78 is 28.3. The Balaban J connectivity index is 1.57. The van der Waals surface area contributed by atoms with Gasteiger partial charge in [-0.2, -0.15) is 0 Å². The van der Waals surface area contributed by atoms with Crippen LogP contribution < -0.4 is 4.72 Å². The van der Waals surface area contributed by atoms with Gasteiger partial charge in [-0.1, -0.05) is 17.7 Å². The Morgan fingerprint density at radius 3 is 2.63 bits per heavy atom. The van der Waals surface area contributed by atoms with Gasteiger partial charge in [0.2, 0.25) is 0 Å². The zero-order valence-electron chi connectivity index (χ0n) is 16.4. The number of thiazole rings is 1. The van der Waals surface area contributed by atoms with Gasteiger partial charge in [0, 0.05) is 29.1 Å². The van der Waals surface area contributed by atoms with Gasteiger partial charge in [0.1, 0.15) is 14.1 Å². The van der Waals surface area contributed by atoms with Gasteiger partial charge < -0.3 is 4.90 Å². The highest BCUT2D eigenvalue weighted by molar-refractivity contribution is 7.94. The molecule has 0 atom stereocenters. The minimum absolute atomic E-state index is 0.00902. The largest absolute Gasteiger partial charge is 0.338 e. The lowest BCUT2D eigenvalue weighted by molar-refractivity contribution is 0.0796. The highest BCUT2D eigenvalue weighted by atomic mass is 35.5. The Morgan fingerprint density at radius 2 is 1.93 bits per heavy atom. The molecule has 0 aliphatic carbocycles. The van der Waals surface area contributed by atoms with Gasteiger partial charge >= 0.3 is 0 Å². The van der Waals surface area contributed by atoms with Gasteiger partial charge in [0.25, 0.3) is 15.9 Å². The average molecular weight is 482 g/mol. The second-order valence-corrected chi connectivity index (χ2v) is 11.4. The first-order chi connectivity index (χ1) is 14.2. The third kappa shape index (κ3) is 4.25. The summed E-state index contributed by atoms with van der Waals surface area (Å²) in [5.74, 6) is 0.00902. The molecule has 1 fully saturated rings. The van der Waals surface area contributed by atoms with Crippen LogP contribution in [0.2, 0.25) is 5.02 Å². The molecule has 1 aromatic carbocycles.